The van der Waals surface area contributed by atoms with Crippen LogP contribution in [0.1, 0.15) is 29.1 Å². The van der Waals surface area contributed by atoms with Crippen molar-refractivity contribution in [2.45, 2.75) is 26.4 Å². The average Bonchev–Trinajstić information content (AvgIpc) is 3.25. The molecule has 0 saturated carbocycles. The van der Waals surface area contributed by atoms with Gasteiger partial charge in [0.05, 0.1) is 12.8 Å². The number of thiophene rings is 1. The maximum atomic E-state index is 13.1. The fourth-order valence-electron chi connectivity index (χ4n) is 3.62. The summed E-state index contributed by atoms with van der Waals surface area (Å²) < 4.78 is 5.21. The molecule has 0 saturated heterocycles. The molecule has 2 heterocycles. The topological polar surface area (TPSA) is 63.4 Å². The smallest absolute Gasteiger partial charge is 0.362 e. The van der Waals surface area contributed by atoms with Crippen molar-refractivity contribution in [2.24, 2.45) is 4.99 Å². The van der Waals surface area contributed by atoms with Gasteiger partial charge in [0.1, 0.15) is 5.75 Å². The Morgan fingerprint density at radius 3 is 2.50 bits per heavy atom. The predicted octanol–water partition coefficient (Wildman–Crippen LogP) is 3.56. The van der Waals surface area contributed by atoms with Crippen LogP contribution in [0.4, 0.5) is 5.69 Å². The van der Waals surface area contributed by atoms with Crippen LogP contribution in [0.25, 0.3) is 10.4 Å². The van der Waals surface area contributed by atoms with E-state index in [1.54, 1.807) is 18.3 Å². The van der Waals surface area contributed by atoms with E-state index in [1.165, 1.54) is 11.3 Å². The molecule has 1 aliphatic heterocycles. The number of ether oxygens (including phenoxy) is 1. The summed E-state index contributed by atoms with van der Waals surface area (Å²) in [5.41, 5.74) is 2.72. The molecule has 1 unspecified atom stereocenters. The van der Waals surface area contributed by atoms with Gasteiger partial charge in [0.15, 0.2) is 17.8 Å². The molecule has 0 bridgehead atoms. The van der Waals surface area contributed by atoms with E-state index in [-0.39, 0.29) is 24.4 Å². The van der Waals surface area contributed by atoms with Crippen LogP contribution in [-0.2, 0) is 11.3 Å². The zero-order chi connectivity index (χ0) is 22.7. The third kappa shape index (κ3) is 4.64. The summed E-state index contributed by atoms with van der Waals surface area (Å²) in [6.07, 6.45) is 1.55. The van der Waals surface area contributed by atoms with Gasteiger partial charge in [-0.15, -0.1) is 11.3 Å². The maximum absolute atomic E-state index is 13.1. The van der Waals surface area contributed by atoms with E-state index in [4.69, 9.17) is 4.74 Å². The second-order valence-electron chi connectivity index (χ2n) is 7.94. The van der Waals surface area contributed by atoms with Crippen molar-refractivity contribution in [1.82, 2.24) is 4.90 Å². The first-order chi connectivity index (χ1) is 15.5. The molecule has 2 amide bonds. The summed E-state index contributed by atoms with van der Waals surface area (Å²) in [7, 11) is 1.63. The van der Waals surface area contributed by atoms with Crippen LogP contribution in [0.2, 0.25) is 0 Å². The highest BCUT2D eigenvalue weighted by molar-refractivity contribution is 7.18. The van der Waals surface area contributed by atoms with Gasteiger partial charge in [-0.3, -0.25) is 4.79 Å². The highest BCUT2D eigenvalue weighted by atomic mass is 32.1. The number of amides is 2. The van der Waals surface area contributed by atoms with Crippen LogP contribution in [0.5, 0.6) is 5.75 Å². The lowest BCUT2D eigenvalue weighted by molar-refractivity contribution is -0.695. The van der Waals surface area contributed by atoms with Gasteiger partial charge in [0.2, 0.25) is 0 Å². The largest absolute Gasteiger partial charge is 0.497 e. The molecule has 2 aromatic carbocycles. The minimum Gasteiger partial charge on any atom is -0.497 e. The maximum Gasteiger partial charge on any atom is 0.362 e. The molecule has 4 rings (SSSR count). The summed E-state index contributed by atoms with van der Waals surface area (Å²) in [5, 5.41) is 0. The molecule has 1 atom stereocenters. The summed E-state index contributed by atoms with van der Waals surface area (Å²) in [6, 6.07) is 19.5. The zero-order valence-corrected chi connectivity index (χ0v) is 19.2. The second-order valence-corrected chi connectivity index (χ2v) is 9.00. The Morgan fingerprint density at radius 2 is 1.84 bits per heavy atom. The number of hydrogen-bond donors (Lipinski definition) is 1. The zero-order valence-electron chi connectivity index (χ0n) is 18.4. The molecule has 0 radical (unpaired) electrons. The standard InChI is InChI=1S/C25H25N3O3S/c1-17(2)28(14-18-7-5-4-6-8-18)23(29)15-27-16-26-21-13-22(32-24(21)25(27)30)19-9-11-20(31-3)12-10-19/h4-13,16-17H,14-15H2,1-3H3/p+1. The number of carbonyl (C=O) groups is 2. The van der Waals surface area contributed by atoms with Crippen molar-refractivity contribution in [3.05, 3.63) is 71.1 Å². The van der Waals surface area contributed by atoms with Crippen molar-refractivity contribution in [3.63, 3.8) is 0 Å². The molecule has 3 aromatic rings. The summed E-state index contributed by atoms with van der Waals surface area (Å²) in [6.45, 7) is 4.53. The Balaban J connectivity index is 1.49. The van der Waals surface area contributed by atoms with Crippen LogP contribution >= 0.6 is 11.3 Å². The van der Waals surface area contributed by atoms with Crippen LogP contribution in [0.3, 0.4) is 0 Å². The average molecular weight is 449 g/mol. The van der Waals surface area contributed by atoms with E-state index in [9.17, 15) is 9.59 Å². The number of rotatable bonds is 7. The molecule has 7 heteroatoms. The SMILES string of the molecule is COc1ccc(-c2cc3c(s2)C(=O)[NH+](CC(=O)N(Cc2ccccc2)C(C)C)C=N3)cc1. The molecule has 0 spiro atoms. The van der Waals surface area contributed by atoms with Crippen LogP contribution < -0.4 is 9.64 Å². The Kier molecular flexibility index (Phi) is 6.48. The lowest BCUT2D eigenvalue weighted by Gasteiger charge is -2.27. The fraction of sp³-hybridized carbons (Fsp3) is 0.240. The van der Waals surface area contributed by atoms with Crippen LogP contribution in [-0.4, -0.2) is 42.7 Å². The Labute approximate surface area is 191 Å². The summed E-state index contributed by atoms with van der Waals surface area (Å²) in [5.74, 6) is 0.592. The fourth-order valence-corrected chi connectivity index (χ4v) is 4.70. The number of nitrogens with one attached hydrogen (secondary N) is 1. The Bertz CT molecular complexity index is 1140. The molecule has 6 nitrogen and oxygen atoms in total. The first kappa shape index (κ1) is 21.9. The molecule has 0 fully saturated rings. The van der Waals surface area contributed by atoms with Crippen LogP contribution in [0, 0.1) is 0 Å². The number of fused-ring (bicyclic) bond motifs is 1. The molecule has 1 N–H and O–H groups in total. The second kappa shape index (κ2) is 9.46. The van der Waals surface area contributed by atoms with E-state index in [2.05, 4.69) is 4.99 Å². The van der Waals surface area contributed by atoms with E-state index in [0.29, 0.717) is 22.0 Å². The van der Waals surface area contributed by atoms with Crippen molar-refractivity contribution in [2.75, 3.05) is 13.7 Å². The minimum absolute atomic E-state index is 0.0258. The van der Waals surface area contributed by atoms with Crippen molar-refractivity contribution in [3.8, 4) is 16.2 Å². The van der Waals surface area contributed by atoms with Crippen LogP contribution in [0.15, 0.2) is 65.7 Å². The van der Waals surface area contributed by atoms with E-state index in [1.807, 2.05) is 74.5 Å². The minimum atomic E-state index is -0.114. The highest BCUT2D eigenvalue weighted by Gasteiger charge is 2.33. The summed E-state index contributed by atoms with van der Waals surface area (Å²) >= 11 is 1.41. The Morgan fingerprint density at radius 1 is 1.12 bits per heavy atom. The first-order valence-corrected chi connectivity index (χ1v) is 11.3. The predicted molar refractivity (Wildman–Crippen MR) is 127 cm³/mol. The quantitative estimate of drug-likeness (QED) is 0.601. The molecule has 1 aliphatic rings. The van der Waals surface area contributed by atoms with Gasteiger partial charge >= 0.3 is 5.91 Å². The highest BCUT2D eigenvalue weighted by Crippen LogP contribution is 2.37. The van der Waals surface area contributed by atoms with Gasteiger partial charge in [0.25, 0.3) is 5.91 Å². The van der Waals surface area contributed by atoms with Gasteiger partial charge in [-0.1, -0.05) is 30.3 Å². The van der Waals surface area contributed by atoms with E-state index >= 15 is 0 Å². The van der Waals surface area contributed by atoms with Crippen molar-refractivity contribution < 1.29 is 19.2 Å². The number of benzene rings is 2. The number of quaternary nitrogens is 1. The molecule has 0 aliphatic carbocycles. The Hall–Kier alpha value is -3.29. The van der Waals surface area contributed by atoms with Gasteiger partial charge < -0.3 is 9.64 Å². The number of methoxy groups -OCH3 is 1. The van der Waals surface area contributed by atoms with E-state index < -0.39 is 0 Å². The molecule has 32 heavy (non-hydrogen) atoms. The lowest BCUT2D eigenvalue weighted by Crippen LogP contribution is -3.15. The van der Waals surface area contributed by atoms with Crippen molar-refractivity contribution >= 4 is 35.2 Å². The van der Waals surface area contributed by atoms with Gasteiger partial charge in [0, 0.05) is 17.5 Å². The molecule has 1 aromatic heterocycles. The van der Waals surface area contributed by atoms with E-state index in [0.717, 1.165) is 21.8 Å². The normalized spacial score (nSPS) is 15.0. The first-order valence-electron chi connectivity index (χ1n) is 10.5. The van der Waals surface area contributed by atoms with Gasteiger partial charge in [-0.25, -0.2) is 14.7 Å². The molecular weight excluding hydrogens is 422 g/mol. The third-order valence-corrected chi connectivity index (χ3v) is 6.60. The monoisotopic (exact) mass is 448 g/mol. The van der Waals surface area contributed by atoms with Gasteiger partial charge in [-0.2, -0.15) is 0 Å². The van der Waals surface area contributed by atoms with Crippen molar-refractivity contribution in [1.29, 1.82) is 0 Å². The molecular formula is C25H26N3O3S+. The number of nitrogens with zero attached hydrogens (tertiary/aromatic N) is 2. The lowest BCUT2D eigenvalue weighted by atomic mass is 10.1. The van der Waals surface area contributed by atoms with Gasteiger partial charge in [-0.05, 0) is 55.3 Å². The summed E-state index contributed by atoms with van der Waals surface area (Å²) in [4.78, 5) is 34.5. The number of hydrogen-bond acceptors (Lipinski definition) is 5. The number of aliphatic imine (C=N–C) groups is 1. The third-order valence-electron chi connectivity index (χ3n) is 5.43. The number of carbonyl (C=O) groups excluding carboxylic acids is 2. The molecule has 164 valence electrons.